The molecule has 3 amide bonds. The number of amides is 3. The van der Waals surface area contributed by atoms with Crippen LogP contribution in [0.2, 0.25) is 0 Å². The van der Waals surface area contributed by atoms with Crippen LogP contribution in [-0.2, 0) is 9.59 Å². The molecule has 0 aromatic carbocycles. The first-order valence-corrected chi connectivity index (χ1v) is 7.39. The van der Waals surface area contributed by atoms with Gasteiger partial charge in [0.05, 0.1) is 0 Å². The van der Waals surface area contributed by atoms with Gasteiger partial charge in [-0.2, -0.15) is 0 Å². The molecule has 122 valence electrons. The molecular formula is C14H27N3O4. The largest absolute Gasteiger partial charge is 0.481 e. The molecule has 3 N–H and O–H groups in total. The fourth-order valence-corrected chi connectivity index (χ4v) is 1.95. The lowest BCUT2D eigenvalue weighted by Gasteiger charge is -2.21. The summed E-state index contributed by atoms with van der Waals surface area (Å²) in [6.07, 6.45) is 2.41. The smallest absolute Gasteiger partial charge is 0.317 e. The molecule has 0 saturated heterocycles. The molecular weight excluding hydrogens is 274 g/mol. The third kappa shape index (κ3) is 8.88. The second-order valence-corrected chi connectivity index (χ2v) is 4.91. The van der Waals surface area contributed by atoms with Gasteiger partial charge in [0.2, 0.25) is 5.91 Å². The lowest BCUT2D eigenvalue weighted by molar-refractivity contribution is -0.137. The van der Waals surface area contributed by atoms with Gasteiger partial charge in [-0.05, 0) is 25.7 Å². The van der Waals surface area contributed by atoms with E-state index in [4.69, 9.17) is 5.11 Å². The second kappa shape index (κ2) is 10.9. The van der Waals surface area contributed by atoms with Gasteiger partial charge in [0.1, 0.15) is 6.54 Å². The average Bonchev–Trinajstić information content (AvgIpc) is 2.47. The van der Waals surface area contributed by atoms with E-state index in [2.05, 4.69) is 10.6 Å². The van der Waals surface area contributed by atoms with E-state index in [1.807, 2.05) is 13.8 Å². The van der Waals surface area contributed by atoms with Crippen molar-refractivity contribution in [1.29, 1.82) is 0 Å². The minimum atomic E-state index is -0.791. The number of hydrogen-bond acceptors (Lipinski definition) is 3. The number of carboxylic acid groups (broad SMARTS) is 1. The Morgan fingerprint density at radius 2 is 1.86 bits per heavy atom. The number of nitrogens with one attached hydrogen (secondary N) is 2. The predicted octanol–water partition coefficient (Wildman–Crippen LogP) is 1.05. The van der Waals surface area contributed by atoms with Crippen molar-refractivity contribution in [1.82, 2.24) is 15.5 Å². The zero-order valence-corrected chi connectivity index (χ0v) is 13.1. The van der Waals surface area contributed by atoms with Crippen molar-refractivity contribution in [3.05, 3.63) is 0 Å². The summed E-state index contributed by atoms with van der Waals surface area (Å²) in [5.74, 6) is -0.712. The van der Waals surface area contributed by atoms with Crippen molar-refractivity contribution in [3.63, 3.8) is 0 Å². The highest BCUT2D eigenvalue weighted by Crippen LogP contribution is 2.14. The molecule has 0 aromatic rings. The van der Waals surface area contributed by atoms with E-state index in [9.17, 15) is 14.4 Å². The van der Waals surface area contributed by atoms with Gasteiger partial charge in [-0.1, -0.05) is 13.3 Å². The summed E-state index contributed by atoms with van der Waals surface area (Å²) < 4.78 is 0. The van der Waals surface area contributed by atoms with Crippen LogP contribution in [0.15, 0.2) is 0 Å². The van der Waals surface area contributed by atoms with Gasteiger partial charge >= 0.3 is 12.0 Å². The number of carboxylic acids is 1. The van der Waals surface area contributed by atoms with Crippen molar-refractivity contribution in [2.75, 3.05) is 26.7 Å². The van der Waals surface area contributed by atoms with Gasteiger partial charge in [-0.15, -0.1) is 0 Å². The number of urea groups is 1. The van der Waals surface area contributed by atoms with E-state index in [1.54, 1.807) is 0 Å². The third-order valence-electron chi connectivity index (χ3n) is 3.45. The normalized spacial score (nSPS) is 11.6. The van der Waals surface area contributed by atoms with E-state index in [1.165, 1.54) is 11.9 Å². The minimum absolute atomic E-state index is 0.0368. The zero-order chi connectivity index (χ0) is 16.3. The van der Waals surface area contributed by atoms with E-state index >= 15 is 0 Å². The molecule has 0 aromatic heterocycles. The van der Waals surface area contributed by atoms with Gasteiger partial charge in [0.25, 0.3) is 0 Å². The van der Waals surface area contributed by atoms with Crippen LogP contribution in [0.3, 0.4) is 0 Å². The number of likely N-dealkylation sites (N-methyl/N-ethyl adjacent to an activating group) is 2. The first-order valence-electron chi connectivity index (χ1n) is 7.39. The maximum absolute atomic E-state index is 11.9. The second-order valence-electron chi connectivity index (χ2n) is 4.91. The van der Waals surface area contributed by atoms with E-state index in [0.717, 1.165) is 12.8 Å². The van der Waals surface area contributed by atoms with Crippen molar-refractivity contribution in [3.8, 4) is 0 Å². The highest BCUT2D eigenvalue weighted by Gasteiger charge is 2.15. The Morgan fingerprint density at radius 1 is 1.19 bits per heavy atom. The average molecular weight is 301 g/mol. The third-order valence-corrected chi connectivity index (χ3v) is 3.45. The van der Waals surface area contributed by atoms with Crippen molar-refractivity contribution >= 4 is 17.9 Å². The van der Waals surface area contributed by atoms with Gasteiger partial charge in [0, 0.05) is 26.6 Å². The lowest BCUT2D eigenvalue weighted by atomic mass is 9.97. The van der Waals surface area contributed by atoms with Crippen molar-refractivity contribution < 1.29 is 19.5 Å². The van der Waals surface area contributed by atoms with E-state index in [0.29, 0.717) is 19.5 Å². The van der Waals surface area contributed by atoms with Crippen LogP contribution in [0.4, 0.5) is 4.79 Å². The molecule has 0 rings (SSSR count). The van der Waals surface area contributed by atoms with Crippen LogP contribution >= 0.6 is 0 Å². The molecule has 0 aliphatic rings. The maximum atomic E-state index is 11.9. The molecule has 1 atom stereocenters. The van der Waals surface area contributed by atoms with Crippen LogP contribution in [0, 0.1) is 5.92 Å². The summed E-state index contributed by atoms with van der Waals surface area (Å²) in [5, 5.41) is 13.9. The number of carbonyl (C=O) groups excluding carboxylic acids is 2. The molecule has 1 unspecified atom stereocenters. The fourth-order valence-electron chi connectivity index (χ4n) is 1.95. The van der Waals surface area contributed by atoms with Crippen LogP contribution in [0.1, 0.15) is 39.5 Å². The SMILES string of the molecule is CCC(CCNC(=O)N(CC)CC(=O)NC)CCC(=O)O. The van der Waals surface area contributed by atoms with Crippen LogP contribution in [-0.4, -0.2) is 54.6 Å². The zero-order valence-electron chi connectivity index (χ0n) is 13.1. The number of rotatable bonds is 10. The molecule has 0 bridgehead atoms. The van der Waals surface area contributed by atoms with Crippen molar-refractivity contribution in [2.45, 2.75) is 39.5 Å². The number of hydrogen-bond donors (Lipinski definition) is 3. The topological polar surface area (TPSA) is 98.7 Å². The Balaban J connectivity index is 4.09. The predicted molar refractivity (Wildman–Crippen MR) is 80.0 cm³/mol. The molecule has 0 radical (unpaired) electrons. The lowest BCUT2D eigenvalue weighted by Crippen LogP contribution is -2.45. The van der Waals surface area contributed by atoms with E-state index in [-0.39, 0.29) is 30.8 Å². The number of aliphatic carboxylic acids is 1. The quantitative estimate of drug-likeness (QED) is 0.561. The minimum Gasteiger partial charge on any atom is -0.481 e. The first-order chi connectivity index (χ1) is 9.94. The highest BCUT2D eigenvalue weighted by atomic mass is 16.4. The molecule has 7 nitrogen and oxygen atoms in total. The maximum Gasteiger partial charge on any atom is 0.317 e. The van der Waals surface area contributed by atoms with Gasteiger partial charge < -0.3 is 20.6 Å². The van der Waals surface area contributed by atoms with Crippen LogP contribution in [0.25, 0.3) is 0 Å². The number of carbonyl (C=O) groups is 3. The summed E-state index contributed by atoms with van der Waals surface area (Å²) in [7, 11) is 1.53. The van der Waals surface area contributed by atoms with Gasteiger partial charge in [0.15, 0.2) is 0 Å². The molecule has 0 aliphatic carbocycles. The molecule has 7 heteroatoms. The molecule has 21 heavy (non-hydrogen) atoms. The number of nitrogens with zero attached hydrogens (tertiary/aromatic N) is 1. The Labute approximate surface area is 126 Å². The first kappa shape index (κ1) is 19.2. The van der Waals surface area contributed by atoms with Gasteiger partial charge in [-0.25, -0.2) is 4.79 Å². The summed E-state index contributed by atoms with van der Waals surface area (Å²) in [6.45, 7) is 4.80. The summed E-state index contributed by atoms with van der Waals surface area (Å²) in [4.78, 5) is 35.2. The Bertz CT molecular complexity index is 347. The monoisotopic (exact) mass is 301 g/mol. The molecule has 0 spiro atoms. The van der Waals surface area contributed by atoms with Crippen molar-refractivity contribution in [2.24, 2.45) is 5.92 Å². The summed E-state index contributed by atoms with van der Waals surface area (Å²) in [5.41, 5.74) is 0. The molecule has 0 aliphatic heterocycles. The van der Waals surface area contributed by atoms with Crippen LogP contribution < -0.4 is 10.6 Å². The van der Waals surface area contributed by atoms with Gasteiger partial charge in [-0.3, -0.25) is 9.59 Å². The highest BCUT2D eigenvalue weighted by molar-refractivity contribution is 5.83. The Hall–Kier alpha value is -1.79. The molecule has 0 heterocycles. The Kier molecular flexibility index (Phi) is 10.0. The standard InChI is InChI=1S/C14H27N3O4/c1-4-11(6-7-13(19)20)8-9-16-14(21)17(5-2)10-12(18)15-3/h11H,4-10H2,1-3H3,(H,15,18)(H,16,21)(H,19,20). The van der Waals surface area contributed by atoms with E-state index < -0.39 is 5.97 Å². The molecule has 0 saturated carbocycles. The van der Waals surface area contributed by atoms with Crippen LogP contribution in [0.5, 0.6) is 0 Å². The Morgan fingerprint density at radius 3 is 2.33 bits per heavy atom. The summed E-state index contributed by atoms with van der Waals surface area (Å²) >= 11 is 0. The summed E-state index contributed by atoms with van der Waals surface area (Å²) in [6, 6.07) is -0.269. The molecule has 0 fully saturated rings. The fraction of sp³-hybridized carbons (Fsp3) is 0.786.